The van der Waals surface area contributed by atoms with Crippen LogP contribution >= 0.6 is 0 Å². The Hall–Kier alpha value is -1.50. The van der Waals surface area contributed by atoms with Crippen molar-refractivity contribution >= 4 is 5.78 Å². The van der Waals surface area contributed by atoms with Gasteiger partial charge in [0.1, 0.15) is 0 Å². The Kier molecular flexibility index (Phi) is 4.94. The molecular weight excluding hydrogens is 290 g/mol. The molecule has 0 amide bonds. The van der Waals surface area contributed by atoms with E-state index in [1.54, 1.807) is 7.11 Å². The average molecular weight is 317 g/mol. The minimum Gasteiger partial charge on any atom is -0.383 e. The summed E-state index contributed by atoms with van der Waals surface area (Å²) in [7, 11) is 1.77. The fraction of sp³-hybridized carbons (Fsp3) is 0.647. The van der Waals surface area contributed by atoms with Crippen LogP contribution in [0.1, 0.15) is 24.0 Å². The minimum absolute atomic E-state index is 0.554. The molecule has 0 aromatic carbocycles. The molecule has 2 aromatic heterocycles. The summed E-state index contributed by atoms with van der Waals surface area (Å²) in [6, 6.07) is 2.65. The van der Waals surface area contributed by atoms with Gasteiger partial charge in [0.15, 0.2) is 0 Å². The summed E-state index contributed by atoms with van der Waals surface area (Å²) in [5, 5.41) is 0. The van der Waals surface area contributed by atoms with Crippen molar-refractivity contribution < 1.29 is 4.74 Å². The summed E-state index contributed by atoms with van der Waals surface area (Å²) < 4.78 is 7.28. The lowest BCUT2D eigenvalue weighted by molar-refractivity contribution is 0.0553. The van der Waals surface area contributed by atoms with Crippen molar-refractivity contribution in [3.05, 3.63) is 29.3 Å². The summed E-state index contributed by atoms with van der Waals surface area (Å²) in [5.74, 6) is 0.810. The molecule has 0 unspecified atom stereocenters. The van der Waals surface area contributed by atoms with E-state index in [-0.39, 0.29) is 0 Å². The maximum Gasteiger partial charge on any atom is 0.234 e. The standard InChI is InChI=1S/C17H27N5O/c1-13-9-14(2)22-12-16(19-17(22)18-13)11-20-5-6-21(7-8-23-4)15(3)10-20/h9,12,15H,5-8,10-11H2,1-4H3/t15-/m1/s1. The summed E-state index contributed by atoms with van der Waals surface area (Å²) in [4.78, 5) is 14.2. The van der Waals surface area contributed by atoms with E-state index in [1.807, 2.05) is 6.92 Å². The first-order valence-electron chi connectivity index (χ1n) is 8.34. The Morgan fingerprint density at radius 2 is 2.09 bits per heavy atom. The van der Waals surface area contributed by atoms with E-state index in [9.17, 15) is 0 Å². The second-order valence-electron chi connectivity index (χ2n) is 6.55. The van der Waals surface area contributed by atoms with E-state index in [0.29, 0.717) is 6.04 Å². The van der Waals surface area contributed by atoms with Crippen molar-refractivity contribution in [1.82, 2.24) is 24.2 Å². The summed E-state index contributed by atoms with van der Waals surface area (Å²) in [5.41, 5.74) is 3.31. The van der Waals surface area contributed by atoms with Gasteiger partial charge in [-0.25, -0.2) is 9.97 Å². The third-order valence-corrected chi connectivity index (χ3v) is 4.63. The van der Waals surface area contributed by atoms with Crippen LogP contribution in [0, 0.1) is 13.8 Å². The fourth-order valence-electron chi connectivity index (χ4n) is 3.38. The van der Waals surface area contributed by atoms with Crippen LogP contribution in [-0.4, -0.2) is 70.1 Å². The minimum atomic E-state index is 0.554. The van der Waals surface area contributed by atoms with Crippen LogP contribution in [0.25, 0.3) is 5.78 Å². The summed E-state index contributed by atoms with van der Waals surface area (Å²) in [6.07, 6.45) is 2.12. The van der Waals surface area contributed by atoms with Crippen molar-refractivity contribution in [3.63, 3.8) is 0 Å². The number of fused-ring (bicyclic) bond motifs is 1. The first-order valence-corrected chi connectivity index (χ1v) is 8.34. The summed E-state index contributed by atoms with van der Waals surface area (Å²) in [6.45, 7) is 12.4. The van der Waals surface area contributed by atoms with Crippen LogP contribution in [0.15, 0.2) is 12.3 Å². The number of rotatable bonds is 5. The number of nitrogens with zero attached hydrogens (tertiary/aromatic N) is 5. The molecular formula is C17H27N5O. The molecule has 1 fully saturated rings. The molecule has 6 nitrogen and oxygen atoms in total. The van der Waals surface area contributed by atoms with E-state index in [4.69, 9.17) is 9.72 Å². The van der Waals surface area contributed by atoms with Crippen molar-refractivity contribution in [2.45, 2.75) is 33.4 Å². The van der Waals surface area contributed by atoms with Gasteiger partial charge in [0.05, 0.1) is 12.3 Å². The third kappa shape index (κ3) is 3.71. The molecule has 6 heteroatoms. The molecule has 2 aromatic rings. The van der Waals surface area contributed by atoms with Crippen LogP contribution in [0.2, 0.25) is 0 Å². The highest BCUT2D eigenvalue weighted by atomic mass is 16.5. The first-order chi connectivity index (χ1) is 11.1. The van der Waals surface area contributed by atoms with Crippen molar-refractivity contribution in [2.24, 2.45) is 0 Å². The second kappa shape index (κ2) is 6.95. The van der Waals surface area contributed by atoms with Gasteiger partial charge in [0.2, 0.25) is 5.78 Å². The molecule has 3 rings (SSSR count). The molecule has 1 aliphatic rings. The zero-order valence-corrected chi connectivity index (χ0v) is 14.6. The smallest absolute Gasteiger partial charge is 0.234 e. The van der Waals surface area contributed by atoms with Gasteiger partial charge in [-0.15, -0.1) is 0 Å². The summed E-state index contributed by atoms with van der Waals surface area (Å²) >= 11 is 0. The van der Waals surface area contributed by atoms with Crippen LogP contribution in [0.4, 0.5) is 0 Å². The van der Waals surface area contributed by atoms with E-state index >= 15 is 0 Å². The highest BCUT2D eigenvalue weighted by Crippen LogP contribution is 2.14. The lowest BCUT2D eigenvalue weighted by atomic mass is 10.2. The van der Waals surface area contributed by atoms with Gasteiger partial charge < -0.3 is 4.74 Å². The monoisotopic (exact) mass is 317 g/mol. The topological polar surface area (TPSA) is 45.9 Å². The second-order valence-corrected chi connectivity index (χ2v) is 6.55. The molecule has 0 N–H and O–H groups in total. The molecule has 126 valence electrons. The third-order valence-electron chi connectivity index (χ3n) is 4.63. The Bertz CT molecular complexity index is 668. The van der Waals surface area contributed by atoms with Gasteiger partial charge >= 0.3 is 0 Å². The lowest BCUT2D eigenvalue weighted by Crippen LogP contribution is -2.52. The zero-order valence-electron chi connectivity index (χ0n) is 14.6. The number of aryl methyl sites for hydroxylation is 2. The molecule has 1 atom stereocenters. The van der Waals surface area contributed by atoms with Gasteiger partial charge in [-0.3, -0.25) is 14.2 Å². The maximum absolute atomic E-state index is 5.19. The number of hydrogen-bond donors (Lipinski definition) is 0. The molecule has 0 saturated carbocycles. The molecule has 1 saturated heterocycles. The van der Waals surface area contributed by atoms with E-state index in [0.717, 1.165) is 56.5 Å². The normalized spacial score (nSPS) is 20.4. The highest BCUT2D eigenvalue weighted by Gasteiger charge is 2.23. The van der Waals surface area contributed by atoms with Crippen LogP contribution < -0.4 is 0 Å². The Labute approximate surface area is 138 Å². The van der Waals surface area contributed by atoms with Gasteiger partial charge in [-0.05, 0) is 26.8 Å². The van der Waals surface area contributed by atoms with Gasteiger partial charge in [-0.2, -0.15) is 0 Å². The van der Waals surface area contributed by atoms with Gasteiger partial charge in [0.25, 0.3) is 0 Å². The Balaban J connectivity index is 1.65. The maximum atomic E-state index is 5.19. The number of methoxy groups -OCH3 is 1. The molecule has 0 spiro atoms. The number of imidazole rings is 1. The van der Waals surface area contributed by atoms with Crippen molar-refractivity contribution in [2.75, 3.05) is 39.9 Å². The van der Waals surface area contributed by atoms with E-state index < -0.39 is 0 Å². The van der Waals surface area contributed by atoms with Gasteiger partial charge in [-0.1, -0.05) is 0 Å². The van der Waals surface area contributed by atoms with E-state index in [1.165, 1.54) is 5.69 Å². The highest BCUT2D eigenvalue weighted by molar-refractivity contribution is 5.34. The quantitative estimate of drug-likeness (QED) is 0.836. The largest absolute Gasteiger partial charge is 0.383 e. The molecule has 0 bridgehead atoms. The first kappa shape index (κ1) is 16.4. The van der Waals surface area contributed by atoms with Crippen LogP contribution in [-0.2, 0) is 11.3 Å². The number of ether oxygens (including phenoxy) is 1. The number of hydrogen-bond acceptors (Lipinski definition) is 5. The fourth-order valence-corrected chi connectivity index (χ4v) is 3.38. The number of aromatic nitrogens is 3. The van der Waals surface area contributed by atoms with Crippen molar-refractivity contribution in [3.8, 4) is 0 Å². The predicted molar refractivity (Wildman–Crippen MR) is 90.6 cm³/mol. The van der Waals surface area contributed by atoms with Crippen molar-refractivity contribution in [1.29, 1.82) is 0 Å². The van der Waals surface area contributed by atoms with E-state index in [2.05, 4.69) is 45.3 Å². The SMILES string of the molecule is COCCN1CCN(Cc2cn3c(C)cc(C)nc3n2)C[C@H]1C. The number of piperazine rings is 1. The molecule has 0 radical (unpaired) electrons. The average Bonchev–Trinajstić information content (AvgIpc) is 2.89. The molecule has 1 aliphatic heterocycles. The lowest BCUT2D eigenvalue weighted by Gasteiger charge is -2.39. The van der Waals surface area contributed by atoms with Crippen LogP contribution in [0.5, 0.6) is 0 Å². The van der Waals surface area contributed by atoms with Crippen LogP contribution in [0.3, 0.4) is 0 Å². The Morgan fingerprint density at radius 3 is 2.83 bits per heavy atom. The zero-order chi connectivity index (χ0) is 16.4. The van der Waals surface area contributed by atoms with Gasteiger partial charge in [0, 0.05) is 63.5 Å². The molecule has 23 heavy (non-hydrogen) atoms. The predicted octanol–water partition coefficient (Wildman–Crippen LogP) is 1.50. The molecule has 0 aliphatic carbocycles. The Morgan fingerprint density at radius 1 is 1.26 bits per heavy atom. The molecule has 3 heterocycles.